The molecule has 136 valence electrons. The van der Waals surface area contributed by atoms with Crippen molar-refractivity contribution >= 4 is 5.91 Å². The average molecular weight is 335 g/mol. The van der Waals surface area contributed by atoms with Gasteiger partial charge in [0.25, 0.3) is 0 Å². The summed E-state index contributed by atoms with van der Waals surface area (Å²) in [7, 11) is 3.95. The van der Waals surface area contributed by atoms with Gasteiger partial charge < -0.3 is 9.47 Å². The van der Waals surface area contributed by atoms with E-state index in [1.807, 2.05) is 30.5 Å². The Hall–Kier alpha value is -1.43. The second kappa shape index (κ2) is 8.60. The minimum atomic E-state index is 0.254. The standard InChI is InChI=1S/C18H33N5O/c1-14(2)11-16-9-7-6-8-10-23(16)18(24)13-21(4)12-17-20-19-15(3)22(17)5/h14,16H,6-13H2,1-5H3/t16-/m1/s1. The van der Waals surface area contributed by atoms with Crippen molar-refractivity contribution in [2.24, 2.45) is 13.0 Å². The van der Waals surface area contributed by atoms with Gasteiger partial charge in [-0.3, -0.25) is 9.69 Å². The second-order valence-corrected chi connectivity index (χ2v) is 7.61. The highest BCUT2D eigenvalue weighted by atomic mass is 16.2. The number of aromatic nitrogens is 3. The number of carbonyl (C=O) groups is 1. The summed E-state index contributed by atoms with van der Waals surface area (Å²) in [5.74, 6) is 2.68. The number of likely N-dealkylation sites (tertiary alicyclic amines) is 1. The molecular formula is C18H33N5O. The number of rotatable bonds is 6. The fourth-order valence-electron chi connectivity index (χ4n) is 3.50. The Morgan fingerprint density at radius 1 is 1.29 bits per heavy atom. The summed E-state index contributed by atoms with van der Waals surface area (Å²) in [5, 5.41) is 8.28. The van der Waals surface area contributed by atoms with Crippen molar-refractivity contribution in [1.82, 2.24) is 24.6 Å². The van der Waals surface area contributed by atoms with E-state index >= 15 is 0 Å². The van der Waals surface area contributed by atoms with E-state index in [1.54, 1.807) is 0 Å². The first-order valence-electron chi connectivity index (χ1n) is 9.21. The zero-order valence-corrected chi connectivity index (χ0v) is 16.0. The van der Waals surface area contributed by atoms with Gasteiger partial charge in [0.2, 0.25) is 5.91 Å². The Labute approximate surface area is 146 Å². The van der Waals surface area contributed by atoms with E-state index in [0.717, 1.165) is 37.5 Å². The van der Waals surface area contributed by atoms with E-state index in [0.29, 0.717) is 25.0 Å². The maximum atomic E-state index is 12.9. The van der Waals surface area contributed by atoms with E-state index in [1.165, 1.54) is 12.8 Å². The van der Waals surface area contributed by atoms with Crippen LogP contribution in [0.25, 0.3) is 0 Å². The molecule has 1 aliphatic heterocycles. The van der Waals surface area contributed by atoms with Crippen LogP contribution in [0.5, 0.6) is 0 Å². The van der Waals surface area contributed by atoms with Crippen LogP contribution in [0.2, 0.25) is 0 Å². The summed E-state index contributed by atoms with van der Waals surface area (Å²) in [6.07, 6.45) is 5.88. The molecule has 0 saturated carbocycles. The van der Waals surface area contributed by atoms with Crippen LogP contribution in [-0.2, 0) is 18.4 Å². The Morgan fingerprint density at radius 3 is 2.67 bits per heavy atom. The number of hydrogen-bond donors (Lipinski definition) is 0. The summed E-state index contributed by atoms with van der Waals surface area (Å²) < 4.78 is 1.98. The van der Waals surface area contributed by atoms with E-state index < -0.39 is 0 Å². The number of aryl methyl sites for hydroxylation is 1. The highest BCUT2D eigenvalue weighted by Crippen LogP contribution is 2.22. The lowest BCUT2D eigenvalue weighted by atomic mass is 9.98. The van der Waals surface area contributed by atoms with Gasteiger partial charge in [-0.05, 0) is 39.2 Å². The molecule has 6 nitrogen and oxygen atoms in total. The summed E-state index contributed by atoms with van der Waals surface area (Å²) in [4.78, 5) is 17.1. The molecule has 0 unspecified atom stereocenters. The van der Waals surface area contributed by atoms with Crippen molar-refractivity contribution in [3.8, 4) is 0 Å². The SMILES string of the molecule is Cc1nnc(CN(C)CC(=O)N2CCCCC[C@@H]2CC(C)C)n1C. The van der Waals surface area contributed by atoms with Crippen LogP contribution < -0.4 is 0 Å². The molecule has 1 fully saturated rings. The average Bonchev–Trinajstić information content (AvgIpc) is 2.72. The van der Waals surface area contributed by atoms with Crippen LogP contribution in [0.1, 0.15) is 57.6 Å². The topological polar surface area (TPSA) is 54.3 Å². The summed E-state index contributed by atoms with van der Waals surface area (Å²) in [6, 6.07) is 0.408. The number of amides is 1. The highest BCUT2D eigenvalue weighted by molar-refractivity contribution is 5.78. The van der Waals surface area contributed by atoms with Crippen molar-refractivity contribution in [3.63, 3.8) is 0 Å². The maximum Gasteiger partial charge on any atom is 0.236 e. The van der Waals surface area contributed by atoms with Gasteiger partial charge in [0, 0.05) is 19.6 Å². The Kier molecular flexibility index (Phi) is 6.78. The Morgan fingerprint density at radius 2 is 2.04 bits per heavy atom. The van der Waals surface area contributed by atoms with Gasteiger partial charge in [-0.1, -0.05) is 26.7 Å². The molecule has 1 saturated heterocycles. The molecule has 0 spiro atoms. The van der Waals surface area contributed by atoms with Crippen LogP contribution >= 0.6 is 0 Å². The molecule has 1 aliphatic rings. The van der Waals surface area contributed by atoms with Crippen LogP contribution in [-0.4, -0.2) is 56.7 Å². The third kappa shape index (κ3) is 5.03. The van der Waals surface area contributed by atoms with E-state index in [9.17, 15) is 4.79 Å². The minimum Gasteiger partial charge on any atom is -0.339 e. The number of carbonyl (C=O) groups excluding carboxylic acids is 1. The maximum absolute atomic E-state index is 12.9. The Bertz CT molecular complexity index is 540. The smallest absolute Gasteiger partial charge is 0.236 e. The van der Waals surface area contributed by atoms with E-state index in [-0.39, 0.29) is 5.91 Å². The first-order chi connectivity index (χ1) is 11.4. The van der Waals surface area contributed by atoms with E-state index in [4.69, 9.17) is 0 Å². The molecule has 1 aromatic rings. The molecule has 0 aromatic carbocycles. The van der Waals surface area contributed by atoms with Gasteiger partial charge >= 0.3 is 0 Å². The summed E-state index contributed by atoms with van der Waals surface area (Å²) in [5.41, 5.74) is 0. The first-order valence-corrected chi connectivity index (χ1v) is 9.21. The van der Waals surface area contributed by atoms with Crippen LogP contribution in [0.4, 0.5) is 0 Å². The van der Waals surface area contributed by atoms with Gasteiger partial charge in [0.05, 0.1) is 13.1 Å². The third-order valence-electron chi connectivity index (χ3n) is 4.94. The highest BCUT2D eigenvalue weighted by Gasteiger charge is 2.26. The monoisotopic (exact) mass is 335 g/mol. The van der Waals surface area contributed by atoms with Gasteiger partial charge in [0.15, 0.2) is 0 Å². The van der Waals surface area contributed by atoms with Gasteiger partial charge in [-0.15, -0.1) is 10.2 Å². The fraction of sp³-hybridized carbons (Fsp3) is 0.833. The molecule has 2 heterocycles. The van der Waals surface area contributed by atoms with Crippen molar-refractivity contribution < 1.29 is 4.79 Å². The lowest BCUT2D eigenvalue weighted by Crippen LogP contribution is -2.45. The fourth-order valence-corrected chi connectivity index (χ4v) is 3.50. The zero-order valence-electron chi connectivity index (χ0n) is 16.0. The number of nitrogens with zero attached hydrogens (tertiary/aromatic N) is 5. The molecule has 6 heteroatoms. The minimum absolute atomic E-state index is 0.254. The molecule has 0 N–H and O–H groups in total. The molecule has 0 radical (unpaired) electrons. The number of hydrogen-bond acceptors (Lipinski definition) is 4. The molecular weight excluding hydrogens is 302 g/mol. The van der Waals surface area contributed by atoms with Crippen LogP contribution in [0.3, 0.4) is 0 Å². The van der Waals surface area contributed by atoms with Crippen LogP contribution in [0.15, 0.2) is 0 Å². The molecule has 0 aliphatic carbocycles. The third-order valence-corrected chi connectivity index (χ3v) is 4.94. The molecule has 1 aromatic heterocycles. The van der Waals surface area contributed by atoms with Crippen molar-refractivity contribution in [3.05, 3.63) is 11.6 Å². The Balaban J connectivity index is 1.96. The van der Waals surface area contributed by atoms with E-state index in [2.05, 4.69) is 28.9 Å². The number of likely N-dealkylation sites (N-methyl/N-ethyl adjacent to an activating group) is 1. The quantitative estimate of drug-likeness (QED) is 0.801. The van der Waals surface area contributed by atoms with Crippen molar-refractivity contribution in [2.45, 2.75) is 65.5 Å². The predicted octanol–water partition coefficient (Wildman–Crippen LogP) is 2.37. The van der Waals surface area contributed by atoms with Crippen molar-refractivity contribution in [2.75, 3.05) is 20.1 Å². The summed E-state index contributed by atoms with van der Waals surface area (Å²) >= 11 is 0. The molecule has 2 rings (SSSR count). The predicted molar refractivity (Wildman–Crippen MR) is 95.5 cm³/mol. The molecule has 24 heavy (non-hydrogen) atoms. The lowest BCUT2D eigenvalue weighted by Gasteiger charge is -2.32. The second-order valence-electron chi connectivity index (χ2n) is 7.61. The molecule has 1 amide bonds. The largest absolute Gasteiger partial charge is 0.339 e. The zero-order chi connectivity index (χ0) is 17.7. The molecule has 0 bridgehead atoms. The normalized spacial score (nSPS) is 19.1. The van der Waals surface area contributed by atoms with Crippen LogP contribution in [0, 0.1) is 12.8 Å². The van der Waals surface area contributed by atoms with Gasteiger partial charge in [-0.25, -0.2) is 0 Å². The first kappa shape index (κ1) is 18.9. The van der Waals surface area contributed by atoms with Gasteiger partial charge in [-0.2, -0.15) is 0 Å². The van der Waals surface area contributed by atoms with Crippen molar-refractivity contribution in [1.29, 1.82) is 0 Å². The van der Waals surface area contributed by atoms with Gasteiger partial charge in [0.1, 0.15) is 11.6 Å². The lowest BCUT2D eigenvalue weighted by molar-refractivity contribution is -0.134. The summed E-state index contributed by atoms with van der Waals surface area (Å²) in [6.45, 7) is 8.43. The molecule has 1 atom stereocenters.